The number of rotatable bonds is 5. The molecule has 0 aliphatic rings. The van der Waals surface area contributed by atoms with Crippen molar-refractivity contribution in [2.75, 3.05) is 5.32 Å². The molecule has 3 rings (SSSR count). The molecule has 0 fully saturated rings. The number of aromatic nitrogens is 3. The van der Waals surface area contributed by atoms with Gasteiger partial charge in [-0.25, -0.2) is 0 Å². The van der Waals surface area contributed by atoms with Gasteiger partial charge in [0.05, 0.1) is 0 Å². The summed E-state index contributed by atoms with van der Waals surface area (Å²) in [4.78, 5) is 16.4. The van der Waals surface area contributed by atoms with Gasteiger partial charge < -0.3 is 4.74 Å². The molecule has 1 aromatic heterocycles. The van der Waals surface area contributed by atoms with Crippen LogP contribution in [0.4, 0.5) is 14.7 Å². The van der Waals surface area contributed by atoms with Gasteiger partial charge >= 0.3 is 6.61 Å². The molecule has 3 aromatic rings. The van der Waals surface area contributed by atoms with E-state index in [1.807, 2.05) is 24.3 Å². The summed E-state index contributed by atoms with van der Waals surface area (Å²) in [6.07, 6.45) is 0. The molecule has 128 valence electrons. The van der Waals surface area contributed by atoms with Crippen LogP contribution in [0.3, 0.4) is 0 Å². The molecule has 2 aromatic carbocycles. The maximum Gasteiger partial charge on any atom is 0.387 e. The van der Waals surface area contributed by atoms with E-state index in [1.54, 1.807) is 0 Å². The molecule has 9 heteroatoms. The Hall–Kier alpha value is -2.81. The van der Waals surface area contributed by atoms with Crippen LogP contribution >= 0.6 is 15.9 Å². The molecule has 0 bridgehead atoms. The Bertz CT molecular complexity index is 901. The van der Waals surface area contributed by atoms with Crippen molar-refractivity contribution < 1.29 is 18.3 Å². The van der Waals surface area contributed by atoms with E-state index in [0.29, 0.717) is 5.82 Å². The zero-order valence-corrected chi connectivity index (χ0v) is 14.1. The number of amides is 1. The predicted octanol–water partition coefficient (Wildman–Crippen LogP) is 4.09. The first-order valence-corrected chi connectivity index (χ1v) is 7.85. The Labute approximate surface area is 149 Å². The first-order chi connectivity index (χ1) is 12.0. The minimum atomic E-state index is -2.96. The van der Waals surface area contributed by atoms with Gasteiger partial charge in [-0.05, 0) is 30.3 Å². The van der Waals surface area contributed by atoms with Crippen LogP contribution in [0.25, 0.3) is 11.4 Å². The largest absolute Gasteiger partial charge is 0.435 e. The number of nitrogens with zero attached hydrogens (tertiary/aromatic N) is 2. The number of benzene rings is 2. The lowest BCUT2D eigenvalue weighted by molar-refractivity contribution is -0.0498. The van der Waals surface area contributed by atoms with Crippen LogP contribution in [0.15, 0.2) is 53.0 Å². The third-order valence-electron chi connectivity index (χ3n) is 3.13. The van der Waals surface area contributed by atoms with Gasteiger partial charge in [0, 0.05) is 15.6 Å². The van der Waals surface area contributed by atoms with Crippen molar-refractivity contribution in [1.82, 2.24) is 15.2 Å². The zero-order chi connectivity index (χ0) is 17.8. The van der Waals surface area contributed by atoms with E-state index in [1.165, 1.54) is 24.3 Å². The molecule has 0 unspecified atom stereocenters. The Balaban J connectivity index is 1.74. The fourth-order valence-electron chi connectivity index (χ4n) is 2.07. The van der Waals surface area contributed by atoms with Crippen LogP contribution in [0.5, 0.6) is 5.75 Å². The van der Waals surface area contributed by atoms with Crippen LogP contribution in [0.1, 0.15) is 10.4 Å². The van der Waals surface area contributed by atoms with Gasteiger partial charge in [0.1, 0.15) is 5.75 Å². The Morgan fingerprint density at radius 3 is 2.76 bits per heavy atom. The molecule has 2 N–H and O–H groups in total. The molecular weight excluding hydrogens is 398 g/mol. The molecular formula is C16H11BrF2N4O2. The van der Waals surface area contributed by atoms with Gasteiger partial charge in [-0.2, -0.15) is 13.8 Å². The van der Waals surface area contributed by atoms with Gasteiger partial charge in [0.25, 0.3) is 5.91 Å². The molecule has 6 nitrogen and oxygen atoms in total. The van der Waals surface area contributed by atoms with Crippen LogP contribution in [-0.2, 0) is 0 Å². The fourth-order valence-corrected chi connectivity index (χ4v) is 2.47. The predicted molar refractivity (Wildman–Crippen MR) is 90.5 cm³/mol. The average molecular weight is 409 g/mol. The van der Waals surface area contributed by atoms with E-state index >= 15 is 0 Å². The second-order valence-corrected chi connectivity index (χ2v) is 5.79. The topological polar surface area (TPSA) is 79.9 Å². The highest BCUT2D eigenvalue weighted by Crippen LogP contribution is 2.21. The van der Waals surface area contributed by atoms with E-state index in [-0.39, 0.29) is 17.3 Å². The van der Waals surface area contributed by atoms with Crippen LogP contribution in [0.2, 0.25) is 0 Å². The minimum absolute atomic E-state index is 0.0696. The molecule has 0 saturated heterocycles. The van der Waals surface area contributed by atoms with Crippen molar-refractivity contribution in [3.63, 3.8) is 0 Å². The minimum Gasteiger partial charge on any atom is -0.435 e. The number of anilines is 1. The summed E-state index contributed by atoms with van der Waals surface area (Å²) in [6.45, 7) is -2.96. The highest BCUT2D eigenvalue weighted by atomic mass is 79.9. The molecule has 0 spiro atoms. The monoisotopic (exact) mass is 408 g/mol. The van der Waals surface area contributed by atoms with E-state index in [0.717, 1.165) is 10.0 Å². The number of H-pyrrole nitrogens is 1. The van der Waals surface area contributed by atoms with Crippen LogP contribution in [0, 0.1) is 0 Å². The number of alkyl halides is 2. The third-order valence-corrected chi connectivity index (χ3v) is 3.62. The third kappa shape index (κ3) is 4.38. The maximum atomic E-state index is 12.2. The zero-order valence-electron chi connectivity index (χ0n) is 12.5. The second kappa shape index (κ2) is 7.39. The first-order valence-electron chi connectivity index (χ1n) is 7.06. The van der Waals surface area contributed by atoms with Crippen molar-refractivity contribution in [2.45, 2.75) is 6.61 Å². The maximum absolute atomic E-state index is 12.2. The summed E-state index contributed by atoms with van der Waals surface area (Å²) in [5.74, 6) is -0.0986. The number of ether oxygens (including phenoxy) is 1. The Morgan fingerprint density at radius 2 is 2.00 bits per heavy atom. The lowest BCUT2D eigenvalue weighted by Gasteiger charge is -2.06. The first kappa shape index (κ1) is 17.0. The molecule has 1 heterocycles. The number of halogens is 3. The van der Waals surface area contributed by atoms with Gasteiger partial charge in [0.2, 0.25) is 5.95 Å². The van der Waals surface area contributed by atoms with E-state index in [4.69, 9.17) is 0 Å². The smallest absolute Gasteiger partial charge is 0.387 e. The number of hydrogen-bond acceptors (Lipinski definition) is 4. The highest BCUT2D eigenvalue weighted by Gasteiger charge is 2.13. The molecule has 0 radical (unpaired) electrons. The summed E-state index contributed by atoms with van der Waals surface area (Å²) in [5, 5.41) is 9.14. The van der Waals surface area contributed by atoms with Crippen molar-refractivity contribution in [2.24, 2.45) is 0 Å². The van der Waals surface area contributed by atoms with Crippen LogP contribution in [-0.4, -0.2) is 27.7 Å². The van der Waals surface area contributed by atoms with E-state index in [2.05, 4.69) is 41.2 Å². The standard InChI is InChI=1S/C16H11BrF2N4O2/c17-11-5-1-3-9(7-11)13-20-16(23-22-13)21-14(24)10-4-2-6-12(8-10)25-15(18)19/h1-8,15H,(H2,20,21,22,23,24). The van der Waals surface area contributed by atoms with Crippen molar-refractivity contribution in [1.29, 1.82) is 0 Å². The molecule has 1 amide bonds. The normalized spacial score (nSPS) is 10.7. The van der Waals surface area contributed by atoms with Gasteiger partial charge in [-0.15, -0.1) is 5.10 Å². The van der Waals surface area contributed by atoms with Crippen molar-refractivity contribution in [3.8, 4) is 17.1 Å². The number of hydrogen-bond donors (Lipinski definition) is 2. The van der Waals surface area contributed by atoms with Crippen LogP contribution < -0.4 is 10.1 Å². The van der Waals surface area contributed by atoms with Crippen molar-refractivity contribution in [3.05, 3.63) is 58.6 Å². The lowest BCUT2D eigenvalue weighted by atomic mass is 10.2. The van der Waals surface area contributed by atoms with Crippen molar-refractivity contribution >= 4 is 27.8 Å². The summed E-state index contributed by atoms with van der Waals surface area (Å²) < 4.78 is 29.6. The number of carbonyl (C=O) groups is 1. The molecule has 0 saturated carbocycles. The number of nitrogens with one attached hydrogen (secondary N) is 2. The number of carbonyl (C=O) groups excluding carboxylic acids is 1. The van der Waals surface area contributed by atoms with Gasteiger partial charge in [-0.1, -0.05) is 34.1 Å². The lowest BCUT2D eigenvalue weighted by Crippen LogP contribution is -2.13. The molecule has 0 atom stereocenters. The fraction of sp³-hybridized carbons (Fsp3) is 0.0625. The van der Waals surface area contributed by atoms with E-state index in [9.17, 15) is 13.6 Å². The summed E-state index contributed by atoms with van der Waals surface area (Å²) in [6, 6.07) is 12.8. The number of aromatic amines is 1. The average Bonchev–Trinajstić information content (AvgIpc) is 3.03. The summed E-state index contributed by atoms with van der Waals surface area (Å²) in [7, 11) is 0. The Kier molecular flexibility index (Phi) is 5.03. The summed E-state index contributed by atoms with van der Waals surface area (Å²) in [5.41, 5.74) is 0.932. The molecule has 0 aliphatic heterocycles. The second-order valence-electron chi connectivity index (χ2n) is 4.88. The SMILES string of the molecule is O=C(Nc1n[nH]c(-c2cccc(Br)c2)n1)c1cccc(OC(F)F)c1. The van der Waals surface area contributed by atoms with Gasteiger partial charge in [0.15, 0.2) is 5.82 Å². The quantitative estimate of drug-likeness (QED) is 0.666. The Morgan fingerprint density at radius 1 is 1.20 bits per heavy atom. The van der Waals surface area contributed by atoms with E-state index < -0.39 is 12.5 Å². The highest BCUT2D eigenvalue weighted by molar-refractivity contribution is 9.10. The summed E-state index contributed by atoms with van der Waals surface area (Å²) >= 11 is 3.36. The van der Waals surface area contributed by atoms with Gasteiger partial charge in [-0.3, -0.25) is 15.2 Å². The molecule has 25 heavy (non-hydrogen) atoms. The molecule has 0 aliphatic carbocycles.